The fourth-order valence-corrected chi connectivity index (χ4v) is 4.07. The molecule has 2 aromatic heterocycles. The first kappa shape index (κ1) is 19.8. The minimum absolute atomic E-state index is 0.140. The normalized spacial score (nSPS) is 10.7. The summed E-state index contributed by atoms with van der Waals surface area (Å²) in [5.74, 6) is 1.28. The van der Waals surface area contributed by atoms with Gasteiger partial charge in [-0.3, -0.25) is 14.7 Å². The number of nitrogens with zero attached hydrogens (tertiary/aromatic N) is 3. The van der Waals surface area contributed by atoms with Gasteiger partial charge in [0, 0.05) is 18.0 Å². The van der Waals surface area contributed by atoms with Gasteiger partial charge in [0.2, 0.25) is 0 Å². The van der Waals surface area contributed by atoms with Crippen LogP contribution >= 0.6 is 11.3 Å². The van der Waals surface area contributed by atoms with Gasteiger partial charge in [0.15, 0.2) is 5.13 Å². The highest BCUT2D eigenvalue weighted by atomic mass is 32.1. The second-order valence-corrected chi connectivity index (χ2v) is 7.52. The van der Waals surface area contributed by atoms with Gasteiger partial charge in [-0.15, -0.1) is 0 Å². The van der Waals surface area contributed by atoms with Crippen molar-refractivity contribution in [2.75, 3.05) is 18.6 Å². The Balaban J connectivity index is 1.75. The fourth-order valence-electron chi connectivity index (χ4n) is 3.09. The summed E-state index contributed by atoms with van der Waals surface area (Å²) in [5, 5.41) is 0.613. The molecule has 0 spiro atoms. The van der Waals surface area contributed by atoms with Crippen molar-refractivity contribution >= 4 is 32.6 Å². The van der Waals surface area contributed by atoms with Gasteiger partial charge in [0.05, 0.1) is 25.0 Å². The average molecular weight is 420 g/mol. The standard InChI is InChI=1S/C23H21N3O3S/c1-3-29-19-7-4-8-20-21(19)25-23(30-20)26(15-16-6-5-13-24-14-16)22(27)17-9-11-18(28-2)12-10-17/h4-14H,3,15H2,1-2H3. The summed E-state index contributed by atoms with van der Waals surface area (Å²) < 4.78 is 11.9. The van der Waals surface area contributed by atoms with Gasteiger partial charge in [-0.2, -0.15) is 0 Å². The van der Waals surface area contributed by atoms with Gasteiger partial charge in [-0.25, -0.2) is 4.98 Å². The van der Waals surface area contributed by atoms with E-state index in [9.17, 15) is 4.79 Å². The molecule has 0 aliphatic rings. The summed E-state index contributed by atoms with van der Waals surface area (Å²) in [4.78, 5) is 24.1. The zero-order valence-electron chi connectivity index (χ0n) is 16.7. The third kappa shape index (κ3) is 4.11. The van der Waals surface area contributed by atoms with E-state index in [0.717, 1.165) is 21.5 Å². The number of hydrogen-bond donors (Lipinski definition) is 0. The van der Waals surface area contributed by atoms with Crippen LogP contribution < -0.4 is 14.4 Å². The van der Waals surface area contributed by atoms with Gasteiger partial charge in [0.25, 0.3) is 5.91 Å². The van der Waals surface area contributed by atoms with E-state index in [-0.39, 0.29) is 5.91 Å². The predicted octanol–water partition coefficient (Wildman–Crippen LogP) is 4.95. The Kier molecular flexibility index (Phi) is 5.90. The summed E-state index contributed by atoms with van der Waals surface area (Å²) in [7, 11) is 1.60. The van der Waals surface area contributed by atoms with Gasteiger partial charge in [-0.05, 0) is 55.0 Å². The van der Waals surface area contributed by atoms with E-state index in [1.165, 1.54) is 11.3 Å². The molecular weight excluding hydrogens is 398 g/mol. The van der Waals surface area contributed by atoms with E-state index in [2.05, 4.69) is 4.98 Å². The molecule has 2 aromatic carbocycles. The molecule has 4 aromatic rings. The molecule has 0 N–H and O–H groups in total. The Morgan fingerprint density at radius 3 is 2.63 bits per heavy atom. The van der Waals surface area contributed by atoms with Crippen molar-refractivity contribution in [2.45, 2.75) is 13.5 Å². The molecule has 0 aliphatic heterocycles. The first-order valence-corrected chi connectivity index (χ1v) is 10.4. The Bertz CT molecular complexity index is 1140. The first-order valence-electron chi connectivity index (χ1n) is 9.56. The van der Waals surface area contributed by atoms with Crippen LogP contribution in [-0.2, 0) is 6.54 Å². The van der Waals surface area contributed by atoms with Crippen molar-refractivity contribution in [1.82, 2.24) is 9.97 Å². The number of aromatic nitrogens is 2. The van der Waals surface area contributed by atoms with Crippen molar-refractivity contribution in [2.24, 2.45) is 0 Å². The topological polar surface area (TPSA) is 64.5 Å². The Morgan fingerprint density at radius 1 is 1.10 bits per heavy atom. The lowest BCUT2D eigenvalue weighted by Gasteiger charge is -2.20. The maximum absolute atomic E-state index is 13.4. The summed E-state index contributed by atoms with van der Waals surface area (Å²) in [5.41, 5.74) is 2.24. The maximum atomic E-state index is 13.4. The summed E-state index contributed by atoms with van der Waals surface area (Å²) in [6.45, 7) is 2.85. The molecule has 0 unspecified atom stereocenters. The van der Waals surface area contributed by atoms with E-state index in [1.807, 2.05) is 37.3 Å². The minimum atomic E-state index is -0.140. The highest BCUT2D eigenvalue weighted by molar-refractivity contribution is 7.22. The predicted molar refractivity (Wildman–Crippen MR) is 119 cm³/mol. The molecule has 0 saturated carbocycles. The molecular formula is C23H21N3O3S. The number of hydrogen-bond acceptors (Lipinski definition) is 6. The lowest BCUT2D eigenvalue weighted by atomic mass is 10.2. The number of ether oxygens (including phenoxy) is 2. The van der Waals surface area contributed by atoms with Gasteiger partial charge in [-0.1, -0.05) is 23.5 Å². The first-order chi connectivity index (χ1) is 14.7. The third-order valence-electron chi connectivity index (χ3n) is 4.55. The van der Waals surface area contributed by atoms with E-state index in [1.54, 1.807) is 48.7 Å². The molecule has 30 heavy (non-hydrogen) atoms. The molecule has 0 fully saturated rings. The van der Waals surface area contributed by atoms with Crippen molar-refractivity contribution in [1.29, 1.82) is 0 Å². The van der Waals surface area contributed by atoms with Crippen LogP contribution in [0.15, 0.2) is 67.0 Å². The summed E-state index contributed by atoms with van der Waals surface area (Å²) >= 11 is 1.46. The number of carbonyl (C=O) groups is 1. The quantitative estimate of drug-likeness (QED) is 0.424. The van der Waals surface area contributed by atoms with E-state index >= 15 is 0 Å². The van der Waals surface area contributed by atoms with Gasteiger partial charge < -0.3 is 9.47 Å². The number of methoxy groups -OCH3 is 1. The zero-order valence-corrected chi connectivity index (χ0v) is 17.6. The zero-order chi connectivity index (χ0) is 20.9. The molecule has 1 amide bonds. The molecule has 2 heterocycles. The molecule has 0 aliphatic carbocycles. The Morgan fingerprint density at radius 2 is 1.93 bits per heavy atom. The molecule has 4 rings (SSSR count). The highest BCUT2D eigenvalue weighted by Gasteiger charge is 2.23. The van der Waals surface area contributed by atoms with Crippen LogP contribution in [0.25, 0.3) is 10.2 Å². The maximum Gasteiger partial charge on any atom is 0.260 e. The van der Waals surface area contributed by atoms with Crippen LogP contribution in [0.4, 0.5) is 5.13 Å². The molecule has 152 valence electrons. The Labute approximate surface area is 178 Å². The van der Waals surface area contributed by atoms with Crippen LogP contribution in [-0.4, -0.2) is 29.6 Å². The van der Waals surface area contributed by atoms with Crippen molar-refractivity contribution in [3.8, 4) is 11.5 Å². The minimum Gasteiger partial charge on any atom is -0.497 e. The summed E-state index contributed by atoms with van der Waals surface area (Å²) in [6, 6.07) is 16.7. The number of anilines is 1. The van der Waals surface area contributed by atoms with E-state index in [0.29, 0.717) is 29.6 Å². The number of thiazole rings is 1. The van der Waals surface area contributed by atoms with Crippen LogP contribution in [0.2, 0.25) is 0 Å². The number of pyridine rings is 1. The molecule has 7 heteroatoms. The number of rotatable bonds is 7. The second kappa shape index (κ2) is 8.92. The highest BCUT2D eigenvalue weighted by Crippen LogP contribution is 2.35. The Hall–Kier alpha value is -3.45. The van der Waals surface area contributed by atoms with Crippen LogP contribution in [0, 0.1) is 0 Å². The van der Waals surface area contributed by atoms with E-state index < -0.39 is 0 Å². The molecule has 0 bridgehead atoms. The monoisotopic (exact) mass is 419 g/mol. The van der Waals surface area contributed by atoms with Crippen molar-refractivity contribution in [3.63, 3.8) is 0 Å². The van der Waals surface area contributed by atoms with Gasteiger partial charge in [0.1, 0.15) is 17.0 Å². The van der Waals surface area contributed by atoms with Crippen LogP contribution in [0.3, 0.4) is 0 Å². The number of para-hydroxylation sites is 1. The van der Waals surface area contributed by atoms with Gasteiger partial charge >= 0.3 is 0 Å². The van der Waals surface area contributed by atoms with Crippen LogP contribution in [0.1, 0.15) is 22.8 Å². The molecule has 0 atom stereocenters. The van der Waals surface area contributed by atoms with Crippen LogP contribution in [0.5, 0.6) is 11.5 Å². The molecule has 0 radical (unpaired) electrons. The third-order valence-corrected chi connectivity index (χ3v) is 5.59. The summed E-state index contributed by atoms with van der Waals surface area (Å²) in [6.07, 6.45) is 3.47. The lowest BCUT2D eigenvalue weighted by Crippen LogP contribution is -2.30. The van der Waals surface area contributed by atoms with Crippen molar-refractivity contribution in [3.05, 3.63) is 78.1 Å². The number of carbonyl (C=O) groups excluding carboxylic acids is 1. The average Bonchev–Trinajstić information content (AvgIpc) is 3.23. The number of amides is 1. The second-order valence-electron chi connectivity index (χ2n) is 6.51. The fraction of sp³-hybridized carbons (Fsp3) is 0.174. The largest absolute Gasteiger partial charge is 0.497 e. The molecule has 0 saturated heterocycles. The molecule has 6 nitrogen and oxygen atoms in total. The van der Waals surface area contributed by atoms with E-state index in [4.69, 9.17) is 14.5 Å². The number of benzene rings is 2. The van der Waals surface area contributed by atoms with Crippen molar-refractivity contribution < 1.29 is 14.3 Å². The smallest absolute Gasteiger partial charge is 0.260 e. The SMILES string of the molecule is CCOc1cccc2sc(N(Cc3cccnc3)C(=O)c3ccc(OC)cc3)nc12. The number of fused-ring (bicyclic) bond motifs is 1. The lowest BCUT2D eigenvalue weighted by molar-refractivity contribution is 0.0985.